The molecule has 0 saturated carbocycles. The van der Waals surface area contributed by atoms with Crippen LogP contribution in [0, 0.1) is 6.20 Å². The summed E-state index contributed by atoms with van der Waals surface area (Å²) in [7, 11) is 1.71. The summed E-state index contributed by atoms with van der Waals surface area (Å²) >= 11 is 0. The van der Waals surface area contributed by atoms with Crippen molar-refractivity contribution < 1.29 is 9.53 Å². The molecule has 8 heteroatoms. The van der Waals surface area contributed by atoms with E-state index in [1.807, 2.05) is 0 Å². The standard InChI is InChI=1S/C12H15N6O2/c1-12(2,3)20-11(19)15-10-6-13-8(5-14-10)9-7-18(4)17-16-9/h5-6H,1-4H3,(H,14,15,19). The molecule has 0 aliphatic rings. The van der Waals surface area contributed by atoms with Crippen molar-refractivity contribution in [2.45, 2.75) is 26.4 Å². The zero-order valence-corrected chi connectivity index (χ0v) is 11.7. The number of nitrogens with one attached hydrogen (secondary N) is 1. The van der Waals surface area contributed by atoms with Gasteiger partial charge < -0.3 is 4.74 Å². The van der Waals surface area contributed by atoms with Gasteiger partial charge in [0.1, 0.15) is 23.2 Å². The van der Waals surface area contributed by atoms with Gasteiger partial charge in [-0.2, -0.15) is 0 Å². The van der Waals surface area contributed by atoms with E-state index in [9.17, 15) is 4.79 Å². The van der Waals surface area contributed by atoms with Crippen LogP contribution in [0.5, 0.6) is 0 Å². The Labute approximate surface area is 116 Å². The van der Waals surface area contributed by atoms with E-state index in [4.69, 9.17) is 4.74 Å². The van der Waals surface area contributed by atoms with Crippen molar-refractivity contribution in [2.24, 2.45) is 7.05 Å². The van der Waals surface area contributed by atoms with E-state index in [0.717, 1.165) is 0 Å². The van der Waals surface area contributed by atoms with E-state index < -0.39 is 11.7 Å². The fraction of sp³-hybridized carbons (Fsp3) is 0.417. The van der Waals surface area contributed by atoms with Crippen LogP contribution < -0.4 is 5.32 Å². The predicted molar refractivity (Wildman–Crippen MR) is 70.7 cm³/mol. The Hall–Kier alpha value is -2.51. The molecule has 0 spiro atoms. The predicted octanol–water partition coefficient (Wildman–Crippen LogP) is 1.42. The van der Waals surface area contributed by atoms with Gasteiger partial charge in [-0.25, -0.2) is 19.4 Å². The molecule has 0 aliphatic heterocycles. The third-order valence-corrected chi connectivity index (χ3v) is 2.07. The highest BCUT2D eigenvalue weighted by molar-refractivity contribution is 5.83. The number of hydrogen-bond acceptors (Lipinski definition) is 6. The molecule has 0 bridgehead atoms. The molecular weight excluding hydrogens is 260 g/mol. The van der Waals surface area contributed by atoms with Gasteiger partial charge in [0, 0.05) is 7.05 Å². The van der Waals surface area contributed by atoms with E-state index in [0.29, 0.717) is 17.2 Å². The second-order valence-corrected chi connectivity index (χ2v) is 5.09. The fourth-order valence-corrected chi connectivity index (χ4v) is 1.34. The minimum atomic E-state index is -0.578. The Morgan fingerprint density at radius 1 is 1.35 bits per heavy atom. The molecule has 20 heavy (non-hydrogen) atoms. The lowest BCUT2D eigenvalue weighted by atomic mass is 10.2. The molecular formula is C12H15N6O2. The first-order chi connectivity index (χ1) is 9.33. The molecule has 0 saturated heterocycles. The molecule has 0 aromatic carbocycles. The number of hydrogen-bond donors (Lipinski definition) is 1. The zero-order chi connectivity index (χ0) is 14.8. The molecule has 105 valence electrons. The van der Waals surface area contributed by atoms with Gasteiger partial charge in [-0.1, -0.05) is 5.21 Å². The molecule has 2 heterocycles. The lowest BCUT2D eigenvalue weighted by molar-refractivity contribution is 0.0635. The van der Waals surface area contributed by atoms with Crippen LogP contribution in [-0.2, 0) is 11.8 Å². The molecule has 0 aliphatic carbocycles. The largest absolute Gasteiger partial charge is 0.444 e. The van der Waals surface area contributed by atoms with Crippen LogP contribution in [0.1, 0.15) is 20.8 Å². The van der Waals surface area contributed by atoms with E-state index in [2.05, 4.69) is 31.8 Å². The van der Waals surface area contributed by atoms with Crippen LogP contribution in [0.4, 0.5) is 10.6 Å². The first-order valence-corrected chi connectivity index (χ1v) is 5.95. The second kappa shape index (κ2) is 5.24. The van der Waals surface area contributed by atoms with Gasteiger partial charge in [-0.05, 0) is 20.8 Å². The number of nitrogens with zero attached hydrogens (tertiary/aromatic N) is 5. The summed E-state index contributed by atoms with van der Waals surface area (Å²) in [5.74, 6) is 0.298. The summed E-state index contributed by atoms with van der Waals surface area (Å²) in [6.45, 7) is 5.35. The number of carbonyl (C=O) groups excluding carboxylic acids is 1. The highest BCUT2D eigenvalue weighted by atomic mass is 16.6. The Morgan fingerprint density at radius 3 is 2.60 bits per heavy atom. The zero-order valence-electron chi connectivity index (χ0n) is 11.7. The Bertz CT molecular complexity index is 599. The van der Waals surface area contributed by atoms with E-state index in [-0.39, 0.29) is 0 Å². The van der Waals surface area contributed by atoms with Gasteiger partial charge in [0.25, 0.3) is 0 Å². The highest BCUT2D eigenvalue weighted by Crippen LogP contribution is 2.13. The normalized spacial score (nSPS) is 11.2. The molecule has 2 aromatic rings. The molecule has 0 unspecified atom stereocenters. The maximum atomic E-state index is 11.6. The van der Waals surface area contributed by atoms with Crippen molar-refractivity contribution in [1.29, 1.82) is 0 Å². The fourth-order valence-electron chi connectivity index (χ4n) is 1.34. The highest BCUT2D eigenvalue weighted by Gasteiger charge is 2.16. The Morgan fingerprint density at radius 2 is 2.10 bits per heavy atom. The van der Waals surface area contributed by atoms with Crippen molar-refractivity contribution in [1.82, 2.24) is 25.0 Å². The number of ether oxygens (including phenoxy) is 1. The number of anilines is 1. The van der Waals surface area contributed by atoms with Gasteiger partial charge in [-0.15, -0.1) is 5.10 Å². The van der Waals surface area contributed by atoms with Crippen molar-refractivity contribution in [3.8, 4) is 11.4 Å². The van der Waals surface area contributed by atoms with Gasteiger partial charge in [-0.3, -0.25) is 5.32 Å². The summed E-state index contributed by atoms with van der Waals surface area (Å²) in [6.07, 6.45) is 5.18. The third-order valence-electron chi connectivity index (χ3n) is 2.07. The third kappa shape index (κ3) is 3.74. The molecule has 0 atom stereocenters. The first-order valence-electron chi connectivity index (χ1n) is 5.95. The quantitative estimate of drug-likeness (QED) is 0.890. The maximum absolute atomic E-state index is 11.6. The van der Waals surface area contributed by atoms with Gasteiger partial charge in [0.05, 0.1) is 12.4 Å². The molecule has 1 N–H and O–H groups in total. The van der Waals surface area contributed by atoms with Crippen LogP contribution >= 0.6 is 0 Å². The average molecular weight is 275 g/mol. The summed E-state index contributed by atoms with van der Waals surface area (Å²) < 4.78 is 6.56. The van der Waals surface area contributed by atoms with Crippen molar-refractivity contribution in [3.05, 3.63) is 18.6 Å². The summed E-state index contributed by atoms with van der Waals surface area (Å²) in [5.41, 5.74) is 0.447. The smallest absolute Gasteiger partial charge is 0.413 e. The van der Waals surface area contributed by atoms with Crippen molar-refractivity contribution in [2.75, 3.05) is 5.32 Å². The number of aromatic nitrogens is 5. The minimum Gasteiger partial charge on any atom is -0.444 e. The summed E-state index contributed by atoms with van der Waals surface area (Å²) in [4.78, 5) is 19.7. The van der Waals surface area contributed by atoms with Crippen molar-refractivity contribution >= 4 is 11.9 Å². The average Bonchev–Trinajstić information content (AvgIpc) is 2.74. The molecule has 8 nitrogen and oxygen atoms in total. The number of amides is 1. The molecule has 2 aromatic heterocycles. The monoisotopic (exact) mass is 275 g/mol. The number of carbonyl (C=O) groups is 1. The maximum Gasteiger partial charge on any atom is 0.413 e. The van der Waals surface area contributed by atoms with E-state index in [1.54, 1.807) is 27.8 Å². The van der Waals surface area contributed by atoms with E-state index >= 15 is 0 Å². The Kier molecular flexibility index (Phi) is 3.64. The van der Waals surface area contributed by atoms with Crippen LogP contribution in [0.3, 0.4) is 0 Å². The van der Waals surface area contributed by atoms with Gasteiger partial charge in [0.2, 0.25) is 0 Å². The first kappa shape index (κ1) is 13.9. The van der Waals surface area contributed by atoms with Gasteiger partial charge >= 0.3 is 6.09 Å². The SMILES string of the molecule is Cn1[c]c(-c2cnc(NC(=O)OC(C)(C)C)cn2)nn1. The van der Waals surface area contributed by atoms with Crippen LogP contribution in [0.2, 0.25) is 0 Å². The number of aryl methyl sites for hydroxylation is 1. The van der Waals surface area contributed by atoms with Crippen molar-refractivity contribution in [3.63, 3.8) is 0 Å². The number of rotatable bonds is 2. The van der Waals surface area contributed by atoms with Crippen LogP contribution in [0.25, 0.3) is 11.4 Å². The lowest BCUT2D eigenvalue weighted by Crippen LogP contribution is -2.27. The molecule has 2 rings (SSSR count). The molecule has 1 radical (unpaired) electrons. The second-order valence-electron chi connectivity index (χ2n) is 5.09. The van der Waals surface area contributed by atoms with Crippen LogP contribution in [0.15, 0.2) is 12.4 Å². The minimum absolute atomic E-state index is 0.298. The van der Waals surface area contributed by atoms with E-state index in [1.165, 1.54) is 17.1 Å². The summed E-state index contributed by atoms with van der Waals surface area (Å²) in [5, 5.41) is 10.1. The molecule has 1 amide bonds. The van der Waals surface area contributed by atoms with Crippen LogP contribution in [-0.4, -0.2) is 36.7 Å². The topological polar surface area (TPSA) is 94.8 Å². The summed E-state index contributed by atoms with van der Waals surface area (Å²) in [6, 6.07) is 0. The Balaban J connectivity index is 2.03. The lowest BCUT2D eigenvalue weighted by Gasteiger charge is -2.19. The molecule has 0 fully saturated rings. The van der Waals surface area contributed by atoms with Gasteiger partial charge in [0.15, 0.2) is 5.82 Å².